The van der Waals surface area contributed by atoms with E-state index in [0.717, 1.165) is 27.1 Å². The molecule has 0 fully saturated rings. The van der Waals surface area contributed by atoms with Crippen molar-refractivity contribution >= 4 is 54.4 Å². The lowest BCUT2D eigenvalue weighted by Crippen LogP contribution is -2.66. The summed E-state index contributed by atoms with van der Waals surface area (Å²) in [5.74, 6) is 12.2. The monoisotopic (exact) mass is 978 g/mol. The number of ether oxygens (including phenoxy) is 4. The van der Waals surface area contributed by atoms with E-state index in [1.807, 2.05) is 54.6 Å². The van der Waals surface area contributed by atoms with Crippen molar-refractivity contribution in [2.45, 2.75) is 98.3 Å². The van der Waals surface area contributed by atoms with Gasteiger partial charge in [-0.1, -0.05) is 129 Å². The lowest BCUT2D eigenvalue weighted by atomic mass is 10.1. The Morgan fingerprint density at radius 1 is 0.521 bits per heavy atom. The summed E-state index contributed by atoms with van der Waals surface area (Å²) in [6.07, 6.45) is -2.22. The van der Waals surface area contributed by atoms with E-state index >= 15 is 0 Å². The lowest BCUT2D eigenvalue weighted by Gasteiger charge is -2.43. The Hall–Kier alpha value is -7.52. The second-order valence-corrected chi connectivity index (χ2v) is 24.2. The van der Waals surface area contributed by atoms with E-state index in [0.29, 0.717) is 22.5 Å². The smallest absolute Gasteiger partial charge is 0.412 e. The molecule has 0 aromatic heterocycles. The second kappa shape index (κ2) is 24.3. The van der Waals surface area contributed by atoms with Gasteiger partial charge in [-0.3, -0.25) is 10.6 Å². The summed E-state index contributed by atoms with van der Waals surface area (Å²) in [5, 5.41) is 7.44. The van der Waals surface area contributed by atoms with Gasteiger partial charge in [0.15, 0.2) is 13.2 Å². The Bertz CT molecular complexity index is 2550. The van der Waals surface area contributed by atoms with Gasteiger partial charge in [-0.25, -0.2) is 19.2 Å². The summed E-state index contributed by atoms with van der Waals surface area (Å²) in [7, 11) is 0.354. The summed E-state index contributed by atoms with van der Waals surface area (Å²) in [6.45, 7) is 17.9. The minimum atomic E-state index is -2.91. The number of rotatable bonds is 13. The fourth-order valence-electron chi connectivity index (χ4n) is 7.47. The van der Waals surface area contributed by atoms with Crippen LogP contribution in [0.2, 0.25) is 5.04 Å². The van der Waals surface area contributed by atoms with Crippen LogP contribution in [0.3, 0.4) is 0 Å². The van der Waals surface area contributed by atoms with Gasteiger partial charge in [-0.05, 0) is 116 Å². The highest BCUT2D eigenvalue weighted by molar-refractivity contribution is 6.99. The average Bonchev–Trinajstić information content (AvgIpc) is 3.29. The molecule has 0 saturated heterocycles. The van der Waals surface area contributed by atoms with E-state index in [2.05, 4.69) is 79.4 Å². The molecule has 0 spiro atoms. The molecule has 0 heterocycles. The number of carbonyl (C=O) groups excluding carboxylic acids is 4. The normalized spacial score (nSPS) is 11.4. The highest BCUT2D eigenvalue weighted by atomic mass is 28.4. The maximum atomic E-state index is 13.0. The summed E-state index contributed by atoms with van der Waals surface area (Å²) in [6, 6.07) is 40.7. The highest BCUT2D eigenvalue weighted by Gasteiger charge is 2.50. The first-order valence-electron chi connectivity index (χ1n) is 23.3. The van der Waals surface area contributed by atoms with Gasteiger partial charge in [0.05, 0.1) is 6.61 Å². The molecule has 0 radical (unpaired) electrons. The molecule has 5 rings (SSSR count). The maximum absolute atomic E-state index is 13.0. The van der Waals surface area contributed by atoms with Gasteiger partial charge in [-0.2, -0.15) is 0 Å². The van der Waals surface area contributed by atoms with Crippen LogP contribution in [-0.4, -0.2) is 81.0 Å². The van der Waals surface area contributed by atoms with Crippen LogP contribution in [0.25, 0.3) is 0 Å². The third-order valence-corrected chi connectivity index (χ3v) is 15.5. The molecule has 2 N–H and O–H groups in total. The molecule has 5 aromatic rings. The number of carbonyl (C=O) groups is 4. The highest BCUT2D eigenvalue weighted by Crippen LogP contribution is 2.37. The van der Waals surface area contributed by atoms with Gasteiger partial charge in [0.25, 0.3) is 8.32 Å². The molecule has 0 aliphatic carbocycles. The topological polar surface area (TPSA) is 145 Å². The molecule has 71 heavy (non-hydrogen) atoms. The average molecular weight is 979 g/mol. The third kappa shape index (κ3) is 17.1. The van der Waals surface area contributed by atoms with Crippen LogP contribution < -0.4 is 21.0 Å². The van der Waals surface area contributed by atoms with E-state index in [4.69, 9.17) is 23.4 Å². The van der Waals surface area contributed by atoms with E-state index in [1.165, 1.54) is 9.80 Å². The maximum Gasteiger partial charge on any atom is 0.412 e. The van der Waals surface area contributed by atoms with Crippen molar-refractivity contribution in [3.8, 4) is 23.7 Å². The molecule has 0 aliphatic rings. The first kappa shape index (κ1) is 54.4. The molecule has 14 heteroatoms. The third-order valence-electron chi connectivity index (χ3n) is 10.5. The van der Waals surface area contributed by atoms with Crippen LogP contribution in [0.1, 0.15) is 90.1 Å². The van der Waals surface area contributed by atoms with Gasteiger partial charge in [0.2, 0.25) is 0 Å². The Balaban J connectivity index is 1.29. The molecule has 372 valence electrons. The summed E-state index contributed by atoms with van der Waals surface area (Å²) in [5.41, 5.74) is 3.64. The fraction of sp³-hybridized carbons (Fsp3) is 0.333. The number of nitrogens with zero attached hydrogens (tertiary/aromatic N) is 2. The Labute approximate surface area is 420 Å². The summed E-state index contributed by atoms with van der Waals surface area (Å²) in [4.78, 5) is 53.2. The number of amides is 4. The van der Waals surface area contributed by atoms with Crippen molar-refractivity contribution in [1.29, 1.82) is 0 Å². The van der Waals surface area contributed by atoms with Crippen molar-refractivity contribution < 1.29 is 42.6 Å². The predicted molar refractivity (Wildman–Crippen MR) is 281 cm³/mol. The lowest BCUT2D eigenvalue weighted by molar-refractivity contribution is 0.0624. The van der Waals surface area contributed by atoms with Crippen LogP contribution in [0.4, 0.5) is 30.6 Å². The van der Waals surface area contributed by atoms with E-state index in [9.17, 15) is 19.2 Å². The van der Waals surface area contributed by atoms with Gasteiger partial charge < -0.3 is 33.2 Å². The molecular formula is C57H66N4O9Si. The number of hydrogen-bond acceptors (Lipinski definition) is 9. The van der Waals surface area contributed by atoms with Gasteiger partial charge in [-0.15, -0.1) is 0 Å². The van der Waals surface area contributed by atoms with Crippen LogP contribution in [0, 0.1) is 23.7 Å². The molecule has 0 saturated carbocycles. The van der Waals surface area contributed by atoms with Gasteiger partial charge >= 0.3 is 24.4 Å². The Morgan fingerprint density at radius 3 is 1.25 bits per heavy atom. The Morgan fingerprint density at radius 2 is 0.901 bits per heavy atom. The molecular weight excluding hydrogens is 913 g/mol. The standard InChI is InChI=1S/C57H66N4O9Si/c1-55(2,3)69-51(62)58-47-30-26-42(27-31-47)39-60(10)53(64)66-34-18-20-44-36-45(21-19-35-67-54(65)61(11)40-43-28-32-48(33-29-43)59-52(63)70-56(4,5)6)38-46(37-44)41-68-71(57(7,8)9,49-22-14-12-15-23-49)50-24-16-13-17-25-50/h12-17,22-33,36-38H,34-35,39-41H2,1-11H3,(H,58,62)(H,59,63). The first-order chi connectivity index (χ1) is 33.5. The van der Waals surface area contributed by atoms with Gasteiger partial charge in [0, 0.05) is 49.7 Å². The van der Waals surface area contributed by atoms with Crippen LogP contribution in [0.15, 0.2) is 127 Å². The van der Waals surface area contributed by atoms with Gasteiger partial charge in [0.1, 0.15) is 11.2 Å². The van der Waals surface area contributed by atoms with E-state index < -0.39 is 43.9 Å². The van der Waals surface area contributed by atoms with Crippen LogP contribution in [-0.2, 0) is 43.1 Å². The zero-order valence-corrected chi connectivity index (χ0v) is 43.7. The largest absolute Gasteiger partial charge is 0.444 e. The van der Waals surface area contributed by atoms with Crippen molar-refractivity contribution in [2.75, 3.05) is 37.9 Å². The minimum absolute atomic E-state index is 0.164. The molecule has 0 aliphatic heterocycles. The quantitative estimate of drug-likeness (QED) is 0.0669. The molecule has 13 nitrogen and oxygen atoms in total. The SMILES string of the molecule is CN(Cc1ccc(NC(=O)OC(C)(C)C)cc1)C(=O)OCC#Cc1cc(C#CCOC(=O)N(C)Cc2ccc(NC(=O)OC(C)(C)C)cc2)cc(CO[Si](c2ccccc2)(c2ccccc2)C(C)(C)C)c1. The number of hydrogen-bond donors (Lipinski definition) is 2. The van der Waals surface area contributed by atoms with E-state index in [-0.39, 0.29) is 37.9 Å². The molecule has 5 aromatic carbocycles. The second-order valence-electron chi connectivity index (χ2n) is 19.9. The fourth-order valence-corrected chi connectivity index (χ4v) is 12.0. The number of anilines is 2. The van der Waals surface area contributed by atoms with Crippen LogP contribution in [0.5, 0.6) is 0 Å². The molecule has 0 unspecified atom stereocenters. The van der Waals surface area contributed by atoms with Crippen LogP contribution >= 0.6 is 0 Å². The molecule has 4 amide bonds. The minimum Gasteiger partial charge on any atom is -0.444 e. The number of nitrogens with one attached hydrogen (secondary N) is 2. The van der Waals surface area contributed by atoms with Crippen molar-refractivity contribution in [3.63, 3.8) is 0 Å². The molecule has 0 bridgehead atoms. The zero-order chi connectivity index (χ0) is 51.8. The van der Waals surface area contributed by atoms with Crippen molar-refractivity contribution in [1.82, 2.24) is 9.80 Å². The molecule has 0 atom stereocenters. The summed E-state index contributed by atoms with van der Waals surface area (Å²) < 4.78 is 28.9. The first-order valence-corrected chi connectivity index (χ1v) is 25.2. The van der Waals surface area contributed by atoms with E-state index in [1.54, 1.807) is 104 Å². The van der Waals surface area contributed by atoms with Crippen molar-refractivity contribution in [3.05, 3.63) is 155 Å². The Kier molecular flexibility index (Phi) is 18.7. The summed E-state index contributed by atoms with van der Waals surface area (Å²) >= 11 is 0. The number of benzene rings is 5. The predicted octanol–water partition coefficient (Wildman–Crippen LogP) is 10.7. The zero-order valence-electron chi connectivity index (χ0n) is 42.7. The van der Waals surface area contributed by atoms with Crippen molar-refractivity contribution in [2.24, 2.45) is 0 Å².